The van der Waals surface area contributed by atoms with E-state index < -0.39 is 18.0 Å². The average molecular weight is 192 g/mol. The van der Waals surface area contributed by atoms with E-state index >= 15 is 0 Å². The van der Waals surface area contributed by atoms with Crippen LogP contribution in [0.5, 0.6) is 0 Å². The summed E-state index contributed by atoms with van der Waals surface area (Å²) in [4.78, 5) is 0. The fourth-order valence-electron chi connectivity index (χ4n) is 0.687. The van der Waals surface area contributed by atoms with Crippen LogP contribution in [0.3, 0.4) is 0 Å². The summed E-state index contributed by atoms with van der Waals surface area (Å²) in [5, 5.41) is 0. The number of ether oxygens (including phenoxy) is 1. The van der Waals surface area contributed by atoms with Gasteiger partial charge in [0.05, 0.1) is 6.26 Å². The lowest BCUT2D eigenvalue weighted by Gasteiger charge is -2.38. The lowest BCUT2D eigenvalue weighted by atomic mass is 10.00. The molecule has 1 aliphatic rings. The smallest absolute Gasteiger partial charge is 0.441 e. The second-order valence-electron chi connectivity index (χ2n) is 2.15. The first kappa shape index (κ1) is 9.21. The van der Waals surface area contributed by atoms with Crippen molar-refractivity contribution < 1.29 is 31.1 Å². The zero-order chi connectivity index (χ0) is 9.62. The van der Waals surface area contributed by atoms with Gasteiger partial charge >= 0.3 is 18.0 Å². The molecule has 1 aliphatic heterocycles. The molecule has 0 aromatic heterocycles. The molecule has 0 saturated heterocycles. The average Bonchev–Trinajstić information content (AvgIpc) is 1.47. The van der Waals surface area contributed by atoms with Crippen molar-refractivity contribution in [3.05, 3.63) is 12.3 Å². The lowest BCUT2D eigenvalue weighted by Crippen LogP contribution is -2.59. The minimum atomic E-state index is -5.46. The van der Waals surface area contributed by atoms with Gasteiger partial charge < -0.3 is 4.74 Å². The third kappa shape index (κ3) is 0.953. The van der Waals surface area contributed by atoms with Crippen molar-refractivity contribution in [3.8, 4) is 0 Å². The van der Waals surface area contributed by atoms with E-state index in [1.54, 1.807) is 0 Å². The molecule has 0 atom stereocenters. The summed E-state index contributed by atoms with van der Waals surface area (Å²) < 4.78 is 74.0. The SMILES string of the molecule is FC(F)(F)C1(C(F)(F)F)C=CO1. The Morgan fingerprint density at radius 3 is 1.25 bits per heavy atom. The van der Waals surface area contributed by atoms with E-state index in [1.165, 1.54) is 0 Å². The molecule has 0 fully saturated rings. The summed E-state index contributed by atoms with van der Waals surface area (Å²) in [5.74, 6) is 0. The molecule has 1 rings (SSSR count). The third-order valence-electron chi connectivity index (χ3n) is 1.40. The maximum atomic E-state index is 11.8. The van der Waals surface area contributed by atoms with Gasteiger partial charge in [-0.2, -0.15) is 26.3 Å². The molecule has 0 aliphatic carbocycles. The standard InChI is InChI=1S/C5H2F6O/c6-4(7,8)3(1-2-12-3)5(9,10)11/h1-2H. The van der Waals surface area contributed by atoms with Gasteiger partial charge in [-0.25, -0.2) is 0 Å². The molecule has 0 bridgehead atoms. The Morgan fingerprint density at radius 2 is 1.25 bits per heavy atom. The molecule has 0 aromatic rings. The molecule has 0 spiro atoms. The van der Waals surface area contributed by atoms with Crippen LogP contribution in [0.4, 0.5) is 26.3 Å². The highest BCUT2D eigenvalue weighted by Gasteiger charge is 2.74. The highest BCUT2D eigenvalue weighted by Crippen LogP contribution is 2.50. The minimum absolute atomic E-state index is 0.0625. The molecule has 0 N–H and O–H groups in total. The summed E-state index contributed by atoms with van der Waals surface area (Å²) in [6, 6.07) is 0. The van der Waals surface area contributed by atoms with Gasteiger partial charge in [-0.1, -0.05) is 0 Å². The second-order valence-corrected chi connectivity index (χ2v) is 2.15. The van der Waals surface area contributed by atoms with Crippen LogP contribution in [0.15, 0.2) is 12.3 Å². The van der Waals surface area contributed by atoms with Crippen LogP contribution in [-0.2, 0) is 4.74 Å². The van der Waals surface area contributed by atoms with Crippen LogP contribution in [0.2, 0.25) is 0 Å². The molecule has 12 heavy (non-hydrogen) atoms. The fourth-order valence-corrected chi connectivity index (χ4v) is 0.687. The van der Waals surface area contributed by atoms with E-state index in [0.29, 0.717) is 6.26 Å². The molecule has 7 heteroatoms. The van der Waals surface area contributed by atoms with Gasteiger partial charge in [-0.05, 0) is 0 Å². The predicted octanol–water partition coefficient (Wildman–Crippen LogP) is 2.39. The lowest BCUT2D eigenvalue weighted by molar-refractivity contribution is -0.361. The van der Waals surface area contributed by atoms with Crippen molar-refractivity contribution in [2.75, 3.05) is 0 Å². The van der Waals surface area contributed by atoms with Crippen LogP contribution in [0, 0.1) is 0 Å². The van der Waals surface area contributed by atoms with Crippen molar-refractivity contribution in [1.82, 2.24) is 0 Å². The first-order valence-corrected chi connectivity index (χ1v) is 2.70. The summed E-state index contributed by atoms with van der Waals surface area (Å²) in [6.07, 6.45) is -10.6. The predicted molar refractivity (Wildman–Crippen MR) is 25.1 cm³/mol. The van der Waals surface area contributed by atoms with Crippen LogP contribution in [0.25, 0.3) is 0 Å². The highest BCUT2D eigenvalue weighted by molar-refractivity contribution is 5.17. The normalized spacial score (nSPS) is 21.5. The Kier molecular flexibility index (Phi) is 1.60. The molecular formula is C5H2F6O. The molecule has 0 radical (unpaired) electrons. The van der Waals surface area contributed by atoms with Crippen molar-refractivity contribution >= 4 is 0 Å². The van der Waals surface area contributed by atoms with Crippen LogP contribution < -0.4 is 0 Å². The Balaban J connectivity index is 3.02. The van der Waals surface area contributed by atoms with Gasteiger partial charge in [-0.3, -0.25) is 0 Å². The molecule has 1 heterocycles. The molecule has 1 nitrogen and oxygen atoms in total. The molecule has 0 amide bonds. The maximum absolute atomic E-state index is 11.8. The van der Waals surface area contributed by atoms with Crippen LogP contribution in [0.1, 0.15) is 0 Å². The van der Waals surface area contributed by atoms with Gasteiger partial charge in [0.15, 0.2) is 0 Å². The first-order chi connectivity index (χ1) is 5.21. The largest absolute Gasteiger partial charge is 0.473 e. The summed E-state index contributed by atoms with van der Waals surface area (Å²) in [6.45, 7) is 0. The van der Waals surface area contributed by atoms with Crippen molar-refractivity contribution in [3.63, 3.8) is 0 Å². The van der Waals surface area contributed by atoms with Crippen molar-refractivity contribution in [1.29, 1.82) is 0 Å². The highest BCUT2D eigenvalue weighted by atomic mass is 19.4. The summed E-state index contributed by atoms with van der Waals surface area (Å²) >= 11 is 0. The quantitative estimate of drug-likeness (QED) is 0.535. The molecule has 0 aromatic carbocycles. The number of hydrogen-bond donors (Lipinski definition) is 0. The van der Waals surface area contributed by atoms with E-state index in [0.717, 1.165) is 0 Å². The monoisotopic (exact) mass is 192 g/mol. The first-order valence-electron chi connectivity index (χ1n) is 2.70. The number of hydrogen-bond acceptors (Lipinski definition) is 1. The third-order valence-corrected chi connectivity index (χ3v) is 1.40. The molecule has 0 saturated carbocycles. The Hall–Kier alpha value is -0.880. The number of rotatable bonds is 0. The van der Waals surface area contributed by atoms with E-state index in [4.69, 9.17) is 0 Å². The molecule has 70 valence electrons. The van der Waals surface area contributed by atoms with Crippen LogP contribution in [-0.4, -0.2) is 18.0 Å². The molecular weight excluding hydrogens is 190 g/mol. The zero-order valence-electron chi connectivity index (χ0n) is 5.33. The van der Waals surface area contributed by atoms with E-state index in [9.17, 15) is 26.3 Å². The van der Waals surface area contributed by atoms with Crippen molar-refractivity contribution in [2.24, 2.45) is 0 Å². The molecule has 0 unspecified atom stereocenters. The minimum Gasteiger partial charge on any atom is -0.473 e. The van der Waals surface area contributed by atoms with E-state index in [-0.39, 0.29) is 6.08 Å². The van der Waals surface area contributed by atoms with Gasteiger partial charge in [0.25, 0.3) is 0 Å². The second kappa shape index (κ2) is 2.08. The van der Waals surface area contributed by atoms with Gasteiger partial charge in [0, 0.05) is 6.08 Å². The summed E-state index contributed by atoms with van der Waals surface area (Å²) in [7, 11) is 0. The van der Waals surface area contributed by atoms with E-state index in [1.807, 2.05) is 0 Å². The number of alkyl halides is 6. The Bertz CT molecular complexity index is 197. The van der Waals surface area contributed by atoms with Gasteiger partial charge in [0.1, 0.15) is 0 Å². The number of halogens is 6. The summed E-state index contributed by atoms with van der Waals surface area (Å²) in [5.41, 5.74) is -4.08. The topological polar surface area (TPSA) is 9.23 Å². The van der Waals surface area contributed by atoms with Gasteiger partial charge in [-0.15, -0.1) is 0 Å². The Labute approximate surface area is 62.6 Å². The maximum Gasteiger partial charge on any atom is 0.441 e. The fraction of sp³-hybridized carbons (Fsp3) is 0.600. The Morgan fingerprint density at radius 1 is 0.917 bits per heavy atom. The van der Waals surface area contributed by atoms with E-state index in [2.05, 4.69) is 4.74 Å². The zero-order valence-corrected chi connectivity index (χ0v) is 5.33. The van der Waals surface area contributed by atoms with Gasteiger partial charge in [0.2, 0.25) is 0 Å². The van der Waals surface area contributed by atoms with Crippen molar-refractivity contribution in [2.45, 2.75) is 18.0 Å². The van der Waals surface area contributed by atoms with Crippen LogP contribution >= 0.6 is 0 Å².